The molecule has 0 aliphatic heterocycles. The van der Waals surface area contributed by atoms with Crippen LogP contribution in [0.15, 0.2) is 18.2 Å². The van der Waals surface area contributed by atoms with Crippen LogP contribution in [0.3, 0.4) is 0 Å². The Hall–Kier alpha value is -2.24. The van der Waals surface area contributed by atoms with Gasteiger partial charge in [-0.05, 0) is 18.6 Å². The fraction of sp³-hybridized carbons (Fsp3) is 0.308. The molecule has 0 fully saturated rings. The second-order valence-corrected chi connectivity index (χ2v) is 4.16. The van der Waals surface area contributed by atoms with Crippen molar-refractivity contribution in [1.29, 1.82) is 0 Å². The third kappa shape index (κ3) is 2.47. The first-order chi connectivity index (χ1) is 9.06. The number of nitrogen functional groups attached to an aromatic ring is 1. The van der Waals surface area contributed by atoms with Gasteiger partial charge in [0, 0.05) is 18.8 Å². The smallest absolute Gasteiger partial charge is 0.167 e. The number of nitrogens with two attached hydrogens (primary N) is 1. The van der Waals surface area contributed by atoms with Crippen LogP contribution in [0.5, 0.6) is 5.75 Å². The Morgan fingerprint density at radius 3 is 2.74 bits per heavy atom. The van der Waals surface area contributed by atoms with E-state index in [-0.39, 0.29) is 5.75 Å². The van der Waals surface area contributed by atoms with Gasteiger partial charge in [0.2, 0.25) is 0 Å². The van der Waals surface area contributed by atoms with Gasteiger partial charge in [0.1, 0.15) is 0 Å². The predicted octanol–water partition coefficient (Wildman–Crippen LogP) is 2.46. The Balaban J connectivity index is 2.31. The Labute approximate surface area is 111 Å². The average Bonchev–Trinajstić information content (AvgIpc) is 2.66. The lowest BCUT2D eigenvalue weighted by Crippen LogP contribution is -2.01. The Bertz CT molecular complexity index is 595. The van der Waals surface area contributed by atoms with Gasteiger partial charge in [0.25, 0.3) is 0 Å². The van der Waals surface area contributed by atoms with Gasteiger partial charge in [-0.2, -0.15) is 5.10 Å². The quantitative estimate of drug-likeness (QED) is 0.890. The number of ether oxygens (including phenoxy) is 1. The molecule has 0 radical (unpaired) electrons. The summed E-state index contributed by atoms with van der Waals surface area (Å²) in [6.07, 6.45) is 0.748. The Kier molecular flexibility index (Phi) is 3.59. The van der Waals surface area contributed by atoms with Crippen molar-refractivity contribution < 1.29 is 9.13 Å². The molecule has 0 amide bonds. The number of benzene rings is 1. The van der Waals surface area contributed by atoms with E-state index in [4.69, 9.17) is 10.5 Å². The molecule has 3 N–H and O–H groups in total. The highest BCUT2D eigenvalue weighted by Gasteiger charge is 2.12. The van der Waals surface area contributed by atoms with Crippen molar-refractivity contribution in [1.82, 2.24) is 9.78 Å². The van der Waals surface area contributed by atoms with Gasteiger partial charge in [-0.3, -0.25) is 4.68 Å². The minimum Gasteiger partial charge on any atom is -0.494 e. The molecular weight excluding hydrogens is 247 g/mol. The molecule has 0 spiro atoms. The van der Waals surface area contributed by atoms with Gasteiger partial charge < -0.3 is 15.8 Å². The summed E-state index contributed by atoms with van der Waals surface area (Å²) >= 11 is 0. The van der Waals surface area contributed by atoms with Crippen molar-refractivity contribution in [3.8, 4) is 5.75 Å². The lowest BCUT2D eigenvalue weighted by molar-refractivity contribution is 0.386. The molecule has 0 aliphatic carbocycles. The van der Waals surface area contributed by atoms with Gasteiger partial charge in [-0.1, -0.05) is 6.92 Å². The van der Waals surface area contributed by atoms with E-state index in [1.54, 1.807) is 23.9 Å². The summed E-state index contributed by atoms with van der Waals surface area (Å²) in [5.41, 5.74) is 7.99. The molecule has 2 aromatic rings. The largest absolute Gasteiger partial charge is 0.494 e. The van der Waals surface area contributed by atoms with Crippen LogP contribution in [0.1, 0.15) is 12.6 Å². The number of halogens is 1. The number of aromatic nitrogens is 2. The number of methoxy groups -OCH3 is 1. The zero-order valence-corrected chi connectivity index (χ0v) is 11.2. The molecule has 0 aliphatic rings. The van der Waals surface area contributed by atoms with Gasteiger partial charge in [0.05, 0.1) is 18.5 Å². The SMILES string of the molecule is CCc1nn(C)c(Nc2ccc(OC)c(F)c2)c1N. The molecular formula is C13H17FN4O. The number of nitrogens with zero attached hydrogens (tertiary/aromatic N) is 2. The number of aryl methyl sites for hydroxylation is 2. The van der Waals surface area contributed by atoms with Gasteiger partial charge in [-0.25, -0.2) is 4.39 Å². The molecule has 1 aromatic heterocycles. The fourth-order valence-corrected chi connectivity index (χ4v) is 1.89. The summed E-state index contributed by atoms with van der Waals surface area (Å²) in [5, 5.41) is 7.36. The Morgan fingerprint density at radius 2 is 2.21 bits per heavy atom. The molecule has 0 atom stereocenters. The summed E-state index contributed by atoms with van der Waals surface area (Å²) in [5.74, 6) is 0.433. The number of hydrogen-bond acceptors (Lipinski definition) is 4. The molecule has 0 saturated carbocycles. The molecule has 1 heterocycles. The van der Waals surface area contributed by atoms with Crippen LogP contribution in [0, 0.1) is 5.82 Å². The van der Waals surface area contributed by atoms with Crippen molar-refractivity contribution in [3.05, 3.63) is 29.7 Å². The van der Waals surface area contributed by atoms with Crippen molar-refractivity contribution in [2.24, 2.45) is 7.05 Å². The van der Waals surface area contributed by atoms with Crippen molar-refractivity contribution in [3.63, 3.8) is 0 Å². The molecule has 0 unspecified atom stereocenters. The highest BCUT2D eigenvalue weighted by molar-refractivity contribution is 5.71. The normalized spacial score (nSPS) is 10.5. The number of hydrogen-bond donors (Lipinski definition) is 2. The summed E-state index contributed by atoms with van der Waals surface area (Å²) in [7, 11) is 3.22. The molecule has 19 heavy (non-hydrogen) atoms. The summed E-state index contributed by atoms with van der Waals surface area (Å²) in [4.78, 5) is 0. The van der Waals surface area contributed by atoms with E-state index in [1.165, 1.54) is 13.2 Å². The molecule has 102 valence electrons. The molecule has 6 heteroatoms. The number of anilines is 3. The lowest BCUT2D eigenvalue weighted by Gasteiger charge is -2.09. The minimum absolute atomic E-state index is 0.206. The summed E-state index contributed by atoms with van der Waals surface area (Å²) < 4.78 is 20.1. The topological polar surface area (TPSA) is 65.1 Å². The number of rotatable bonds is 4. The lowest BCUT2D eigenvalue weighted by atomic mass is 10.2. The van der Waals surface area contributed by atoms with E-state index in [9.17, 15) is 4.39 Å². The first-order valence-corrected chi connectivity index (χ1v) is 5.98. The maximum Gasteiger partial charge on any atom is 0.167 e. The minimum atomic E-state index is -0.427. The average molecular weight is 264 g/mol. The van der Waals surface area contributed by atoms with Gasteiger partial charge in [0.15, 0.2) is 17.4 Å². The van der Waals surface area contributed by atoms with Gasteiger partial charge in [-0.15, -0.1) is 0 Å². The maximum atomic E-state index is 13.6. The van der Waals surface area contributed by atoms with E-state index in [2.05, 4.69) is 10.4 Å². The summed E-state index contributed by atoms with van der Waals surface area (Å²) in [6, 6.07) is 4.64. The summed E-state index contributed by atoms with van der Waals surface area (Å²) in [6.45, 7) is 1.98. The van der Waals surface area contributed by atoms with E-state index < -0.39 is 5.82 Å². The first kappa shape index (κ1) is 13.2. The molecule has 0 saturated heterocycles. The second-order valence-electron chi connectivity index (χ2n) is 4.16. The van der Waals surface area contributed by atoms with Crippen LogP contribution < -0.4 is 15.8 Å². The highest BCUT2D eigenvalue weighted by atomic mass is 19.1. The molecule has 1 aromatic carbocycles. The highest BCUT2D eigenvalue weighted by Crippen LogP contribution is 2.28. The molecule has 0 bridgehead atoms. The Morgan fingerprint density at radius 1 is 1.47 bits per heavy atom. The maximum absolute atomic E-state index is 13.6. The van der Waals surface area contributed by atoms with Crippen LogP contribution >= 0.6 is 0 Å². The van der Waals surface area contributed by atoms with Crippen LogP contribution in [-0.2, 0) is 13.5 Å². The number of nitrogens with one attached hydrogen (secondary N) is 1. The zero-order valence-electron chi connectivity index (χ0n) is 11.2. The third-order valence-electron chi connectivity index (χ3n) is 2.91. The standard InChI is InChI=1S/C13H17FN4O/c1-4-10-12(15)13(18(2)17-10)16-8-5-6-11(19-3)9(14)7-8/h5-7,16H,4,15H2,1-3H3. The van der Waals surface area contributed by atoms with Gasteiger partial charge >= 0.3 is 0 Å². The van der Waals surface area contributed by atoms with Crippen LogP contribution in [0.2, 0.25) is 0 Å². The zero-order chi connectivity index (χ0) is 14.0. The first-order valence-electron chi connectivity index (χ1n) is 5.98. The monoisotopic (exact) mass is 264 g/mol. The van der Waals surface area contributed by atoms with E-state index in [0.29, 0.717) is 17.2 Å². The van der Waals surface area contributed by atoms with Crippen molar-refractivity contribution >= 4 is 17.2 Å². The van der Waals surface area contributed by atoms with Crippen molar-refractivity contribution in [2.45, 2.75) is 13.3 Å². The molecule has 5 nitrogen and oxygen atoms in total. The predicted molar refractivity (Wildman–Crippen MR) is 73.2 cm³/mol. The van der Waals surface area contributed by atoms with Crippen LogP contribution in [0.25, 0.3) is 0 Å². The third-order valence-corrected chi connectivity index (χ3v) is 2.91. The van der Waals surface area contributed by atoms with Crippen LogP contribution in [-0.4, -0.2) is 16.9 Å². The second kappa shape index (κ2) is 5.17. The van der Waals surface area contributed by atoms with E-state index in [0.717, 1.165) is 12.1 Å². The van der Waals surface area contributed by atoms with E-state index in [1.807, 2.05) is 6.92 Å². The van der Waals surface area contributed by atoms with Crippen LogP contribution in [0.4, 0.5) is 21.6 Å². The fourth-order valence-electron chi connectivity index (χ4n) is 1.89. The molecule has 2 rings (SSSR count). The van der Waals surface area contributed by atoms with E-state index >= 15 is 0 Å². The van der Waals surface area contributed by atoms with Crippen molar-refractivity contribution in [2.75, 3.05) is 18.2 Å².